The highest BCUT2D eigenvalue weighted by atomic mass is 14.9. The molecule has 0 aliphatic rings. The topological polar surface area (TPSA) is 104 Å². The Bertz CT molecular complexity index is 80.9. The molecule has 4 nitrogen and oxygen atoms in total. The molecule has 4 heteroatoms. The SMILES string of the molecule is NCC(N)=C(N)N. The van der Waals surface area contributed by atoms with Gasteiger partial charge in [-0.1, -0.05) is 0 Å². The van der Waals surface area contributed by atoms with Gasteiger partial charge in [0.25, 0.3) is 0 Å². The molecule has 8 N–H and O–H groups in total. The second kappa shape index (κ2) is 2.30. The molecule has 7 heavy (non-hydrogen) atoms. The fourth-order valence-corrected chi connectivity index (χ4v) is 0.118. The van der Waals surface area contributed by atoms with Gasteiger partial charge in [0.2, 0.25) is 0 Å². The summed E-state index contributed by atoms with van der Waals surface area (Å²) in [4.78, 5) is 0. The number of rotatable bonds is 1. The Labute approximate surface area is 42.1 Å². The minimum atomic E-state index is 0.113. The quantitative estimate of drug-likeness (QED) is 0.307. The minimum absolute atomic E-state index is 0.113. The van der Waals surface area contributed by atoms with Crippen molar-refractivity contribution >= 4 is 0 Å². The lowest BCUT2D eigenvalue weighted by Gasteiger charge is -1.95. The molecule has 0 radical (unpaired) electrons. The minimum Gasteiger partial charge on any atom is -0.398 e. The zero-order valence-electron chi connectivity index (χ0n) is 4.02. The van der Waals surface area contributed by atoms with Gasteiger partial charge in [-0.25, -0.2) is 0 Å². The second-order valence-electron chi connectivity index (χ2n) is 1.18. The number of hydrogen-bond acceptors (Lipinski definition) is 4. The predicted molar refractivity (Wildman–Crippen MR) is 28.6 cm³/mol. The molecule has 0 saturated heterocycles. The van der Waals surface area contributed by atoms with Crippen LogP contribution in [0.15, 0.2) is 11.5 Å². The van der Waals surface area contributed by atoms with Crippen LogP contribution in [0.2, 0.25) is 0 Å². The Kier molecular flexibility index (Phi) is 2.01. The van der Waals surface area contributed by atoms with Gasteiger partial charge in [-0.15, -0.1) is 0 Å². The van der Waals surface area contributed by atoms with E-state index in [2.05, 4.69) is 0 Å². The summed E-state index contributed by atoms with van der Waals surface area (Å²) in [5, 5.41) is 0. The Hall–Kier alpha value is -0.900. The molecule has 0 bridgehead atoms. The Morgan fingerprint density at radius 3 is 1.57 bits per heavy atom. The first-order chi connectivity index (χ1) is 3.18. The van der Waals surface area contributed by atoms with Crippen LogP contribution < -0.4 is 22.9 Å². The Morgan fingerprint density at radius 2 is 1.57 bits per heavy atom. The van der Waals surface area contributed by atoms with Crippen molar-refractivity contribution in [1.82, 2.24) is 0 Å². The van der Waals surface area contributed by atoms with Crippen LogP contribution in [0.3, 0.4) is 0 Å². The summed E-state index contributed by atoms with van der Waals surface area (Å²) in [6.45, 7) is 0.225. The van der Waals surface area contributed by atoms with Gasteiger partial charge in [0.1, 0.15) is 5.82 Å². The average Bonchev–Trinajstić information content (AvgIpc) is 1.65. The first-order valence-corrected chi connectivity index (χ1v) is 1.88. The van der Waals surface area contributed by atoms with Crippen molar-refractivity contribution in [1.29, 1.82) is 0 Å². The van der Waals surface area contributed by atoms with E-state index in [1.165, 1.54) is 0 Å². The van der Waals surface area contributed by atoms with E-state index in [-0.39, 0.29) is 12.4 Å². The monoisotopic (exact) mass is 102 g/mol. The molecule has 0 aliphatic heterocycles. The van der Waals surface area contributed by atoms with E-state index in [1.807, 2.05) is 0 Å². The molecule has 0 aliphatic carbocycles. The molecule has 0 rings (SSSR count). The number of hydrogen-bond donors (Lipinski definition) is 4. The first-order valence-electron chi connectivity index (χ1n) is 1.88. The zero-order valence-corrected chi connectivity index (χ0v) is 4.02. The van der Waals surface area contributed by atoms with Gasteiger partial charge < -0.3 is 22.9 Å². The van der Waals surface area contributed by atoms with Crippen LogP contribution in [0.4, 0.5) is 0 Å². The number of nitrogens with two attached hydrogens (primary N) is 4. The molecular formula is C3H10N4. The van der Waals surface area contributed by atoms with Crippen molar-refractivity contribution in [3.63, 3.8) is 0 Å². The molecule has 0 fully saturated rings. The lowest BCUT2D eigenvalue weighted by molar-refractivity contribution is 1.03. The summed E-state index contributed by atoms with van der Waals surface area (Å²) in [5.74, 6) is 0.113. The predicted octanol–water partition coefficient (Wildman–Crippen LogP) is -2.01. The van der Waals surface area contributed by atoms with Crippen molar-refractivity contribution in [2.75, 3.05) is 6.54 Å². The van der Waals surface area contributed by atoms with Gasteiger partial charge in [-0.3, -0.25) is 0 Å². The summed E-state index contributed by atoms with van der Waals surface area (Å²) in [6.07, 6.45) is 0. The molecule has 0 heterocycles. The lowest BCUT2D eigenvalue weighted by atomic mass is 10.5. The highest BCUT2D eigenvalue weighted by Crippen LogP contribution is 1.74. The molecule has 0 saturated carbocycles. The van der Waals surface area contributed by atoms with Gasteiger partial charge in [-0.05, 0) is 0 Å². The summed E-state index contributed by atoms with van der Waals surface area (Å²) in [5.41, 5.74) is 20.5. The maximum atomic E-state index is 5.12. The molecule has 0 amide bonds. The van der Waals surface area contributed by atoms with E-state index in [0.29, 0.717) is 5.70 Å². The Balaban J connectivity index is 3.72. The van der Waals surface area contributed by atoms with Crippen molar-refractivity contribution in [2.45, 2.75) is 0 Å². The van der Waals surface area contributed by atoms with Crippen LogP contribution in [0.5, 0.6) is 0 Å². The highest BCUT2D eigenvalue weighted by molar-refractivity contribution is 5.03. The summed E-state index contributed by atoms with van der Waals surface area (Å²) in [7, 11) is 0. The lowest BCUT2D eigenvalue weighted by Crippen LogP contribution is -2.22. The van der Waals surface area contributed by atoms with E-state index >= 15 is 0 Å². The standard InChI is InChI=1S/C3H10N4/c4-1-2(5)3(6)7/h1,4-7H2. The fraction of sp³-hybridized carbons (Fsp3) is 0.333. The van der Waals surface area contributed by atoms with Crippen LogP contribution in [0.1, 0.15) is 0 Å². The van der Waals surface area contributed by atoms with E-state index in [9.17, 15) is 0 Å². The van der Waals surface area contributed by atoms with Crippen LogP contribution in [0.25, 0.3) is 0 Å². The molecular weight excluding hydrogens is 92.1 g/mol. The van der Waals surface area contributed by atoms with Crippen LogP contribution >= 0.6 is 0 Å². The van der Waals surface area contributed by atoms with Crippen molar-refractivity contribution in [2.24, 2.45) is 22.9 Å². The summed E-state index contributed by atoms with van der Waals surface area (Å²) < 4.78 is 0. The van der Waals surface area contributed by atoms with Gasteiger partial charge in [0, 0.05) is 6.54 Å². The molecule has 0 aromatic carbocycles. The first kappa shape index (κ1) is 6.10. The van der Waals surface area contributed by atoms with Crippen molar-refractivity contribution < 1.29 is 0 Å². The van der Waals surface area contributed by atoms with E-state index in [1.54, 1.807) is 0 Å². The smallest absolute Gasteiger partial charge is 0.114 e. The van der Waals surface area contributed by atoms with Gasteiger partial charge in [0.05, 0.1) is 5.70 Å². The van der Waals surface area contributed by atoms with E-state index in [4.69, 9.17) is 22.9 Å². The zero-order chi connectivity index (χ0) is 5.86. The molecule has 0 aromatic heterocycles. The largest absolute Gasteiger partial charge is 0.398 e. The maximum Gasteiger partial charge on any atom is 0.114 e. The third-order valence-electron chi connectivity index (χ3n) is 0.591. The third-order valence-corrected chi connectivity index (χ3v) is 0.591. The maximum absolute atomic E-state index is 5.12. The Morgan fingerprint density at radius 1 is 1.14 bits per heavy atom. The summed E-state index contributed by atoms with van der Waals surface area (Å²) in [6, 6.07) is 0. The van der Waals surface area contributed by atoms with Crippen molar-refractivity contribution in [3.8, 4) is 0 Å². The van der Waals surface area contributed by atoms with Gasteiger partial charge >= 0.3 is 0 Å². The van der Waals surface area contributed by atoms with E-state index in [0.717, 1.165) is 0 Å². The molecule has 0 spiro atoms. The van der Waals surface area contributed by atoms with Gasteiger partial charge in [-0.2, -0.15) is 0 Å². The fourth-order valence-electron chi connectivity index (χ4n) is 0.118. The van der Waals surface area contributed by atoms with Crippen LogP contribution in [-0.2, 0) is 0 Å². The van der Waals surface area contributed by atoms with Crippen LogP contribution in [0, 0.1) is 0 Å². The van der Waals surface area contributed by atoms with Crippen LogP contribution in [-0.4, -0.2) is 6.54 Å². The van der Waals surface area contributed by atoms with E-state index < -0.39 is 0 Å². The summed E-state index contributed by atoms with van der Waals surface area (Å²) >= 11 is 0. The molecule has 0 aromatic rings. The highest BCUT2D eigenvalue weighted by Gasteiger charge is 1.85. The average molecular weight is 102 g/mol. The molecule has 0 atom stereocenters. The van der Waals surface area contributed by atoms with Gasteiger partial charge in [0.15, 0.2) is 0 Å². The normalized spacial score (nSPS) is 8.14. The molecule has 0 unspecified atom stereocenters. The molecule has 42 valence electrons. The van der Waals surface area contributed by atoms with Crippen molar-refractivity contribution in [3.05, 3.63) is 11.5 Å². The third kappa shape index (κ3) is 1.88. The second-order valence-corrected chi connectivity index (χ2v) is 1.18.